The summed E-state index contributed by atoms with van der Waals surface area (Å²) in [5.74, 6) is -0.256. The van der Waals surface area contributed by atoms with Crippen LogP contribution in [-0.4, -0.2) is 32.7 Å². The van der Waals surface area contributed by atoms with Gasteiger partial charge in [-0.1, -0.05) is 22.0 Å². The molecule has 0 saturated heterocycles. The van der Waals surface area contributed by atoms with Crippen molar-refractivity contribution in [2.75, 3.05) is 19.4 Å². The number of anilines is 1. The Morgan fingerprint density at radius 2 is 1.70 bits per heavy atom. The molecule has 0 bridgehead atoms. The summed E-state index contributed by atoms with van der Waals surface area (Å²) in [7, 11) is -0.525. The molecule has 0 atom stereocenters. The fourth-order valence-corrected chi connectivity index (χ4v) is 3.14. The van der Waals surface area contributed by atoms with Crippen LogP contribution in [0, 0.1) is 6.92 Å². The Labute approximate surface area is 144 Å². The van der Waals surface area contributed by atoms with Gasteiger partial charge in [-0.05, 0) is 48.9 Å². The van der Waals surface area contributed by atoms with Crippen LogP contribution in [0.25, 0.3) is 0 Å². The summed E-state index contributed by atoms with van der Waals surface area (Å²) in [6, 6.07) is 11.4. The number of halogens is 1. The van der Waals surface area contributed by atoms with Gasteiger partial charge in [0.25, 0.3) is 5.91 Å². The Morgan fingerprint density at radius 1 is 1.09 bits per heavy atom. The zero-order valence-electron chi connectivity index (χ0n) is 13.0. The van der Waals surface area contributed by atoms with E-state index in [2.05, 4.69) is 21.2 Å². The summed E-state index contributed by atoms with van der Waals surface area (Å²) in [5.41, 5.74) is 2.09. The molecule has 2 rings (SSSR count). The van der Waals surface area contributed by atoms with Crippen molar-refractivity contribution in [3.63, 3.8) is 0 Å². The highest BCUT2D eigenvalue weighted by molar-refractivity contribution is 9.10. The van der Waals surface area contributed by atoms with Gasteiger partial charge < -0.3 is 5.32 Å². The first-order valence-electron chi connectivity index (χ1n) is 6.82. The van der Waals surface area contributed by atoms with E-state index in [1.807, 2.05) is 13.0 Å². The zero-order chi connectivity index (χ0) is 17.2. The van der Waals surface area contributed by atoms with Crippen molar-refractivity contribution >= 4 is 37.5 Å². The SMILES string of the molecule is Cc1ccc(C(=O)Nc2ccc(S(=O)(=O)N(C)C)cc2)cc1Br. The summed E-state index contributed by atoms with van der Waals surface area (Å²) in [6.45, 7) is 1.94. The van der Waals surface area contributed by atoms with E-state index in [1.54, 1.807) is 24.3 Å². The van der Waals surface area contributed by atoms with Gasteiger partial charge in [-0.3, -0.25) is 4.79 Å². The van der Waals surface area contributed by atoms with Crippen LogP contribution in [0.15, 0.2) is 51.8 Å². The molecule has 7 heteroatoms. The van der Waals surface area contributed by atoms with Crippen molar-refractivity contribution in [3.05, 3.63) is 58.1 Å². The maximum atomic E-state index is 12.2. The normalized spacial score (nSPS) is 11.5. The number of aryl methyl sites for hydroxylation is 1. The molecule has 1 N–H and O–H groups in total. The minimum Gasteiger partial charge on any atom is -0.322 e. The molecular weight excluding hydrogens is 380 g/mol. The molecule has 0 aliphatic carbocycles. The topological polar surface area (TPSA) is 66.5 Å². The van der Waals surface area contributed by atoms with Crippen LogP contribution in [0.3, 0.4) is 0 Å². The zero-order valence-corrected chi connectivity index (χ0v) is 15.4. The molecule has 5 nitrogen and oxygen atoms in total. The largest absolute Gasteiger partial charge is 0.322 e. The number of nitrogens with one attached hydrogen (secondary N) is 1. The average Bonchev–Trinajstić information content (AvgIpc) is 2.50. The van der Waals surface area contributed by atoms with Crippen molar-refractivity contribution < 1.29 is 13.2 Å². The Balaban J connectivity index is 2.18. The minimum atomic E-state index is -3.47. The Bertz CT molecular complexity index is 831. The predicted octanol–water partition coefficient (Wildman–Crippen LogP) is 3.26. The van der Waals surface area contributed by atoms with E-state index in [9.17, 15) is 13.2 Å². The molecule has 122 valence electrons. The maximum Gasteiger partial charge on any atom is 0.255 e. The van der Waals surface area contributed by atoms with Gasteiger partial charge in [0.15, 0.2) is 0 Å². The second kappa shape index (κ2) is 6.82. The summed E-state index contributed by atoms with van der Waals surface area (Å²) in [4.78, 5) is 12.4. The van der Waals surface area contributed by atoms with Crippen LogP contribution in [0.2, 0.25) is 0 Å². The number of amides is 1. The highest BCUT2D eigenvalue weighted by Crippen LogP contribution is 2.20. The first kappa shape index (κ1) is 17.7. The number of hydrogen-bond donors (Lipinski definition) is 1. The molecule has 0 saturated carbocycles. The minimum absolute atomic E-state index is 0.179. The number of carbonyl (C=O) groups excluding carboxylic acids is 1. The van der Waals surface area contributed by atoms with E-state index < -0.39 is 10.0 Å². The maximum absolute atomic E-state index is 12.2. The first-order chi connectivity index (χ1) is 10.7. The van der Waals surface area contributed by atoms with Gasteiger partial charge in [-0.25, -0.2) is 12.7 Å². The number of hydrogen-bond acceptors (Lipinski definition) is 3. The Morgan fingerprint density at radius 3 is 2.22 bits per heavy atom. The van der Waals surface area contributed by atoms with Gasteiger partial charge in [0.05, 0.1) is 4.90 Å². The number of rotatable bonds is 4. The third kappa shape index (κ3) is 3.99. The van der Waals surface area contributed by atoms with Crippen LogP contribution < -0.4 is 5.32 Å². The first-order valence-corrected chi connectivity index (χ1v) is 9.05. The quantitative estimate of drug-likeness (QED) is 0.861. The number of sulfonamides is 1. The van der Waals surface area contributed by atoms with Gasteiger partial charge in [0.2, 0.25) is 10.0 Å². The van der Waals surface area contributed by atoms with Gasteiger partial charge in [-0.2, -0.15) is 0 Å². The molecule has 2 aromatic rings. The third-order valence-electron chi connectivity index (χ3n) is 3.32. The van der Waals surface area contributed by atoms with Crippen molar-refractivity contribution in [1.29, 1.82) is 0 Å². The predicted molar refractivity (Wildman–Crippen MR) is 94.1 cm³/mol. The molecule has 0 heterocycles. The van der Waals surface area contributed by atoms with Gasteiger partial charge in [0, 0.05) is 29.8 Å². The van der Waals surface area contributed by atoms with Gasteiger partial charge in [0.1, 0.15) is 0 Å². The summed E-state index contributed by atoms with van der Waals surface area (Å²) in [5, 5.41) is 2.74. The summed E-state index contributed by atoms with van der Waals surface area (Å²) >= 11 is 3.39. The van der Waals surface area contributed by atoms with E-state index in [1.165, 1.54) is 26.2 Å². The van der Waals surface area contributed by atoms with E-state index in [-0.39, 0.29) is 10.8 Å². The molecule has 0 spiro atoms. The number of nitrogens with zero attached hydrogens (tertiary/aromatic N) is 1. The molecule has 2 aromatic carbocycles. The monoisotopic (exact) mass is 396 g/mol. The average molecular weight is 397 g/mol. The lowest BCUT2D eigenvalue weighted by Gasteiger charge is -2.12. The van der Waals surface area contributed by atoms with Crippen molar-refractivity contribution in [3.8, 4) is 0 Å². The fraction of sp³-hybridized carbons (Fsp3) is 0.188. The molecule has 1 amide bonds. The third-order valence-corrected chi connectivity index (χ3v) is 6.01. The summed E-state index contributed by atoms with van der Waals surface area (Å²) in [6.07, 6.45) is 0. The lowest BCUT2D eigenvalue weighted by Crippen LogP contribution is -2.22. The van der Waals surface area contributed by atoms with Crippen LogP contribution in [0.4, 0.5) is 5.69 Å². The molecule has 23 heavy (non-hydrogen) atoms. The van der Waals surface area contributed by atoms with Crippen molar-refractivity contribution in [1.82, 2.24) is 4.31 Å². The highest BCUT2D eigenvalue weighted by Gasteiger charge is 2.17. The molecule has 0 aliphatic rings. The van der Waals surface area contributed by atoms with E-state index in [4.69, 9.17) is 0 Å². The highest BCUT2D eigenvalue weighted by atomic mass is 79.9. The van der Waals surface area contributed by atoms with Crippen LogP contribution in [0.1, 0.15) is 15.9 Å². The van der Waals surface area contributed by atoms with Crippen LogP contribution >= 0.6 is 15.9 Å². The Hall–Kier alpha value is -1.70. The smallest absolute Gasteiger partial charge is 0.255 e. The second-order valence-electron chi connectivity index (χ2n) is 5.23. The Kier molecular flexibility index (Phi) is 5.23. The van der Waals surface area contributed by atoms with E-state index in [0.717, 1.165) is 14.3 Å². The van der Waals surface area contributed by atoms with E-state index >= 15 is 0 Å². The van der Waals surface area contributed by atoms with Gasteiger partial charge in [-0.15, -0.1) is 0 Å². The van der Waals surface area contributed by atoms with Crippen LogP contribution in [0.5, 0.6) is 0 Å². The summed E-state index contributed by atoms with van der Waals surface area (Å²) < 4.78 is 26.0. The number of benzene rings is 2. The second-order valence-corrected chi connectivity index (χ2v) is 8.24. The lowest BCUT2D eigenvalue weighted by molar-refractivity contribution is 0.102. The van der Waals surface area contributed by atoms with Crippen molar-refractivity contribution in [2.24, 2.45) is 0 Å². The van der Waals surface area contributed by atoms with Crippen LogP contribution in [-0.2, 0) is 10.0 Å². The molecular formula is C16H17BrN2O3S. The van der Waals surface area contributed by atoms with E-state index in [0.29, 0.717) is 11.3 Å². The molecule has 0 unspecified atom stereocenters. The standard InChI is InChI=1S/C16H17BrN2O3S/c1-11-4-5-12(10-15(11)17)16(20)18-13-6-8-14(9-7-13)23(21,22)19(2)3/h4-10H,1-3H3,(H,18,20). The lowest BCUT2D eigenvalue weighted by atomic mass is 10.1. The van der Waals surface area contributed by atoms with Gasteiger partial charge >= 0.3 is 0 Å². The van der Waals surface area contributed by atoms with Crippen molar-refractivity contribution in [2.45, 2.75) is 11.8 Å². The fourth-order valence-electron chi connectivity index (χ4n) is 1.86. The molecule has 0 aromatic heterocycles. The number of carbonyl (C=O) groups is 1. The molecule has 0 aliphatic heterocycles. The molecule has 0 radical (unpaired) electrons. The molecule has 0 fully saturated rings.